The molecule has 1 aliphatic rings. The zero-order valence-corrected chi connectivity index (χ0v) is 25.5. The van der Waals surface area contributed by atoms with E-state index in [0.29, 0.717) is 0 Å². The number of fused-ring (bicyclic) bond motifs is 3. The maximum absolute atomic E-state index is 2.31. The summed E-state index contributed by atoms with van der Waals surface area (Å²) in [4.78, 5) is 5.27. The fourth-order valence-electron chi connectivity index (χ4n) is 6.69. The van der Waals surface area contributed by atoms with Crippen LogP contribution in [0.4, 0.5) is 0 Å². The van der Waals surface area contributed by atoms with Crippen molar-refractivity contribution in [2.75, 3.05) is 0 Å². The van der Waals surface area contributed by atoms with Crippen molar-refractivity contribution in [3.05, 3.63) is 158 Å². The van der Waals surface area contributed by atoms with Gasteiger partial charge in [0, 0.05) is 24.9 Å². The van der Waals surface area contributed by atoms with Gasteiger partial charge >= 0.3 is 0 Å². The Bertz CT molecular complexity index is 2340. The van der Waals surface area contributed by atoms with Gasteiger partial charge in [-0.05, 0) is 84.9 Å². The molecule has 9 rings (SSSR count). The Hall–Kier alpha value is -4.89. The summed E-state index contributed by atoms with van der Waals surface area (Å²) < 4.78 is 0. The van der Waals surface area contributed by atoms with Gasteiger partial charge in [-0.2, -0.15) is 0 Å². The summed E-state index contributed by atoms with van der Waals surface area (Å²) in [6.45, 7) is 0. The molecule has 0 fully saturated rings. The number of rotatable bonds is 4. The quantitative estimate of drug-likeness (QED) is 0.195. The highest BCUT2D eigenvalue weighted by atomic mass is 32.2. The Balaban J connectivity index is 1.09. The molecule has 2 heteroatoms. The Morgan fingerprint density at radius 2 is 0.955 bits per heavy atom. The summed E-state index contributed by atoms with van der Waals surface area (Å²) in [6, 6.07) is 57.8. The average Bonchev–Trinajstić information content (AvgIpc) is 3.59. The summed E-state index contributed by atoms with van der Waals surface area (Å²) in [5.41, 5.74) is 10.3. The van der Waals surface area contributed by atoms with Crippen LogP contribution in [0.25, 0.3) is 75.8 Å². The van der Waals surface area contributed by atoms with Crippen LogP contribution in [0, 0.1) is 0 Å². The van der Waals surface area contributed by atoms with E-state index in [1.165, 1.54) is 85.6 Å². The molecule has 0 unspecified atom stereocenters. The van der Waals surface area contributed by atoms with E-state index in [2.05, 4.69) is 158 Å². The van der Waals surface area contributed by atoms with E-state index in [-0.39, 0.29) is 0 Å². The molecular formula is C42H26S2. The molecule has 0 saturated heterocycles. The first-order chi connectivity index (χ1) is 21.8. The summed E-state index contributed by atoms with van der Waals surface area (Å²) in [5.74, 6) is 0. The maximum Gasteiger partial charge on any atom is 0.0355 e. The van der Waals surface area contributed by atoms with Gasteiger partial charge < -0.3 is 0 Å². The first-order valence-corrected chi connectivity index (χ1v) is 16.6. The van der Waals surface area contributed by atoms with Gasteiger partial charge in [0.2, 0.25) is 0 Å². The van der Waals surface area contributed by atoms with E-state index in [9.17, 15) is 0 Å². The smallest absolute Gasteiger partial charge is 0.0355 e. The average molecular weight is 595 g/mol. The van der Waals surface area contributed by atoms with Crippen molar-refractivity contribution in [2.24, 2.45) is 0 Å². The molecule has 0 radical (unpaired) electrons. The molecule has 44 heavy (non-hydrogen) atoms. The highest BCUT2D eigenvalue weighted by molar-refractivity contribution is 7.99. The second kappa shape index (κ2) is 10.4. The summed E-state index contributed by atoms with van der Waals surface area (Å²) >= 11 is 3.76. The minimum absolute atomic E-state index is 1.24. The highest BCUT2D eigenvalue weighted by Gasteiger charge is 2.21. The first-order valence-electron chi connectivity index (χ1n) is 14.9. The normalized spacial score (nSPS) is 12.0. The van der Waals surface area contributed by atoms with Gasteiger partial charge in [0.25, 0.3) is 0 Å². The molecule has 1 aromatic heterocycles. The van der Waals surface area contributed by atoms with Crippen LogP contribution in [-0.4, -0.2) is 0 Å². The lowest BCUT2D eigenvalue weighted by molar-refractivity contribution is 1.40. The molecular weight excluding hydrogens is 569 g/mol. The Morgan fingerprint density at radius 3 is 1.77 bits per heavy atom. The number of hydrogen-bond donors (Lipinski definition) is 0. The molecule has 206 valence electrons. The molecule has 1 aliphatic heterocycles. The van der Waals surface area contributed by atoms with E-state index in [4.69, 9.17) is 0 Å². The lowest BCUT2D eigenvalue weighted by Crippen LogP contribution is -1.93. The Labute approximate surface area is 265 Å². The van der Waals surface area contributed by atoms with Gasteiger partial charge in [0.1, 0.15) is 0 Å². The van der Waals surface area contributed by atoms with Crippen LogP contribution in [0.1, 0.15) is 0 Å². The largest absolute Gasteiger partial charge is 0.135 e. The van der Waals surface area contributed by atoms with Crippen molar-refractivity contribution in [2.45, 2.75) is 9.79 Å². The van der Waals surface area contributed by atoms with Crippen molar-refractivity contribution in [1.29, 1.82) is 0 Å². The van der Waals surface area contributed by atoms with Crippen molar-refractivity contribution in [3.63, 3.8) is 0 Å². The molecule has 0 atom stereocenters. The highest BCUT2D eigenvalue weighted by Crippen LogP contribution is 2.50. The van der Waals surface area contributed by atoms with Crippen LogP contribution in [-0.2, 0) is 0 Å². The molecule has 0 saturated carbocycles. The van der Waals surface area contributed by atoms with Crippen molar-refractivity contribution in [3.8, 4) is 54.3 Å². The summed E-state index contributed by atoms with van der Waals surface area (Å²) in [7, 11) is 0. The molecule has 0 aliphatic carbocycles. The fraction of sp³-hybridized carbons (Fsp3) is 0. The molecule has 0 bridgehead atoms. The standard InChI is InChI=1S/C42H26S2/c1-2-9-27(10-3-1)31-14-6-11-30-12-7-15-32(41(30)31)28-19-21-29(22-20-28)37-25-26-39(43-37)34-23-24-40-42-35(16-8-17-36(34)42)33-13-4-5-18-38(33)44-40/h1-26H. The van der Waals surface area contributed by atoms with Gasteiger partial charge in [0.05, 0.1) is 0 Å². The summed E-state index contributed by atoms with van der Waals surface area (Å²) in [6.07, 6.45) is 0. The van der Waals surface area contributed by atoms with Gasteiger partial charge in [-0.3, -0.25) is 0 Å². The van der Waals surface area contributed by atoms with Crippen LogP contribution in [0.2, 0.25) is 0 Å². The Morgan fingerprint density at radius 1 is 0.318 bits per heavy atom. The van der Waals surface area contributed by atoms with Gasteiger partial charge in [-0.25, -0.2) is 0 Å². The van der Waals surface area contributed by atoms with Crippen LogP contribution in [0.15, 0.2) is 168 Å². The fourth-order valence-corrected chi connectivity index (χ4v) is 8.87. The third kappa shape index (κ3) is 4.14. The zero-order valence-electron chi connectivity index (χ0n) is 23.8. The summed E-state index contributed by atoms with van der Waals surface area (Å²) in [5, 5.41) is 5.27. The van der Waals surface area contributed by atoms with E-state index >= 15 is 0 Å². The number of benzene rings is 7. The number of thiophene rings is 1. The molecule has 0 spiro atoms. The molecule has 0 amide bonds. The van der Waals surface area contributed by atoms with Crippen LogP contribution in [0.3, 0.4) is 0 Å². The van der Waals surface area contributed by atoms with Gasteiger partial charge in [-0.15, -0.1) is 11.3 Å². The van der Waals surface area contributed by atoms with E-state index in [1.54, 1.807) is 0 Å². The minimum atomic E-state index is 1.24. The number of hydrogen-bond acceptors (Lipinski definition) is 2. The monoisotopic (exact) mass is 594 g/mol. The van der Waals surface area contributed by atoms with Gasteiger partial charge in [0.15, 0.2) is 0 Å². The van der Waals surface area contributed by atoms with E-state index in [1.807, 2.05) is 23.1 Å². The lowest BCUT2D eigenvalue weighted by Gasteiger charge is -2.21. The third-order valence-corrected chi connectivity index (χ3v) is 11.0. The first kappa shape index (κ1) is 25.6. The van der Waals surface area contributed by atoms with E-state index < -0.39 is 0 Å². The van der Waals surface area contributed by atoms with Crippen molar-refractivity contribution < 1.29 is 0 Å². The molecule has 8 aromatic rings. The molecule has 2 heterocycles. The predicted molar refractivity (Wildman–Crippen MR) is 191 cm³/mol. The topological polar surface area (TPSA) is 0 Å². The predicted octanol–water partition coefficient (Wildman–Crippen LogP) is 12.9. The van der Waals surface area contributed by atoms with Crippen molar-refractivity contribution >= 4 is 44.6 Å². The van der Waals surface area contributed by atoms with Crippen LogP contribution >= 0.6 is 23.1 Å². The third-order valence-electron chi connectivity index (χ3n) is 8.74. The van der Waals surface area contributed by atoms with Crippen LogP contribution in [0.5, 0.6) is 0 Å². The molecule has 7 aromatic carbocycles. The molecule has 0 nitrogen and oxygen atoms in total. The van der Waals surface area contributed by atoms with E-state index in [0.717, 1.165) is 0 Å². The van der Waals surface area contributed by atoms with Gasteiger partial charge in [-0.1, -0.05) is 145 Å². The second-order valence-corrected chi connectivity index (χ2v) is 13.4. The minimum Gasteiger partial charge on any atom is -0.135 e. The second-order valence-electron chi connectivity index (χ2n) is 11.3. The van der Waals surface area contributed by atoms with Crippen LogP contribution < -0.4 is 0 Å². The lowest BCUT2D eigenvalue weighted by atomic mass is 9.91. The Kier molecular flexibility index (Phi) is 6.04. The van der Waals surface area contributed by atoms with Crippen molar-refractivity contribution in [1.82, 2.24) is 0 Å². The maximum atomic E-state index is 2.31. The SMILES string of the molecule is c1ccc(-c2cccc3cccc(-c4ccc(-c5ccc(-c6ccc7c8c(cccc68)-c6ccccc6S7)s5)cc4)c23)cc1. The zero-order chi connectivity index (χ0) is 29.0. The molecule has 0 N–H and O–H groups in total.